The number of benzene rings is 2. The summed E-state index contributed by atoms with van der Waals surface area (Å²) in [6, 6.07) is 9.81. The first-order valence-electron chi connectivity index (χ1n) is 7.52. The number of carbonyl (C=O) groups excluding carboxylic acids is 1. The van der Waals surface area contributed by atoms with E-state index < -0.39 is 15.9 Å². The van der Waals surface area contributed by atoms with Crippen molar-refractivity contribution in [1.82, 2.24) is 4.98 Å². The van der Waals surface area contributed by atoms with Gasteiger partial charge in [-0.2, -0.15) is 0 Å². The van der Waals surface area contributed by atoms with Crippen molar-refractivity contribution in [2.24, 2.45) is 5.14 Å². The zero-order valence-electron chi connectivity index (χ0n) is 13.9. The summed E-state index contributed by atoms with van der Waals surface area (Å²) < 4.78 is 36.5. The molecule has 0 spiro atoms. The molecule has 0 unspecified atom stereocenters. The molecule has 10 heteroatoms. The topological polar surface area (TPSA) is 102 Å². The molecule has 0 atom stereocenters. The van der Waals surface area contributed by atoms with E-state index in [1.165, 1.54) is 41.7 Å². The third kappa shape index (κ3) is 4.41. The fraction of sp³-hybridized carbons (Fsp3) is 0.0588. The third-order valence-corrected chi connectivity index (χ3v) is 6.13. The van der Waals surface area contributed by atoms with Gasteiger partial charge in [-0.15, -0.1) is 11.3 Å². The lowest BCUT2D eigenvalue weighted by molar-refractivity contribution is 0.102. The van der Waals surface area contributed by atoms with E-state index in [-0.39, 0.29) is 16.3 Å². The van der Waals surface area contributed by atoms with Crippen LogP contribution < -0.4 is 10.5 Å². The second kappa shape index (κ2) is 7.47. The predicted octanol–water partition coefficient (Wildman–Crippen LogP) is 3.92. The number of aromatic nitrogens is 1. The minimum Gasteiger partial charge on any atom is -0.298 e. The van der Waals surface area contributed by atoms with Gasteiger partial charge < -0.3 is 0 Å². The highest BCUT2D eigenvalue weighted by atomic mass is 79.9. The van der Waals surface area contributed by atoms with Crippen LogP contribution in [-0.4, -0.2) is 19.3 Å². The molecule has 3 N–H and O–H groups in total. The maximum atomic E-state index is 13.1. The van der Waals surface area contributed by atoms with Crippen LogP contribution in [0.4, 0.5) is 9.52 Å². The summed E-state index contributed by atoms with van der Waals surface area (Å²) in [5.74, 6) is -0.883. The molecule has 1 heterocycles. The third-order valence-electron chi connectivity index (χ3n) is 3.65. The molecule has 140 valence electrons. The molecule has 0 bridgehead atoms. The Bertz CT molecular complexity index is 1130. The Hall–Kier alpha value is -2.14. The fourth-order valence-corrected chi connectivity index (χ4v) is 4.14. The highest BCUT2D eigenvalue weighted by molar-refractivity contribution is 9.10. The minimum absolute atomic E-state index is 0.109. The van der Waals surface area contributed by atoms with Gasteiger partial charge in [0.05, 0.1) is 16.2 Å². The van der Waals surface area contributed by atoms with E-state index in [2.05, 4.69) is 26.2 Å². The molecular formula is C17H13BrFN3O3S2. The van der Waals surface area contributed by atoms with Gasteiger partial charge in [-0.3, -0.25) is 10.1 Å². The number of anilines is 1. The minimum atomic E-state index is -3.94. The van der Waals surface area contributed by atoms with Gasteiger partial charge in [-0.05, 0) is 65.3 Å². The van der Waals surface area contributed by atoms with Gasteiger partial charge in [0, 0.05) is 14.9 Å². The van der Waals surface area contributed by atoms with E-state index in [1.54, 1.807) is 12.1 Å². The Morgan fingerprint density at radius 2 is 1.89 bits per heavy atom. The Kier molecular flexibility index (Phi) is 5.43. The summed E-state index contributed by atoms with van der Waals surface area (Å²) in [5, 5.41) is 8.10. The molecule has 0 fully saturated rings. The normalized spacial score (nSPS) is 11.4. The summed E-state index contributed by atoms with van der Waals surface area (Å²) >= 11 is 4.48. The zero-order valence-corrected chi connectivity index (χ0v) is 17.1. The zero-order chi connectivity index (χ0) is 19.8. The highest BCUT2D eigenvalue weighted by Crippen LogP contribution is 2.31. The van der Waals surface area contributed by atoms with E-state index in [0.29, 0.717) is 15.3 Å². The first-order chi connectivity index (χ1) is 12.6. The van der Waals surface area contributed by atoms with E-state index >= 15 is 0 Å². The molecule has 1 amide bonds. The number of primary sulfonamides is 1. The first kappa shape index (κ1) is 19.6. The van der Waals surface area contributed by atoms with Gasteiger partial charge in [0.2, 0.25) is 10.0 Å². The molecule has 0 aliphatic rings. The van der Waals surface area contributed by atoms with E-state index in [0.717, 1.165) is 10.4 Å². The molecule has 3 rings (SSSR count). The van der Waals surface area contributed by atoms with Crippen molar-refractivity contribution in [3.05, 3.63) is 63.2 Å². The fourth-order valence-electron chi connectivity index (χ4n) is 2.35. The largest absolute Gasteiger partial charge is 0.298 e. The van der Waals surface area contributed by atoms with Crippen LogP contribution in [0.15, 0.2) is 51.8 Å². The quantitative estimate of drug-likeness (QED) is 0.604. The molecule has 3 aromatic rings. The van der Waals surface area contributed by atoms with Gasteiger partial charge in [-0.25, -0.2) is 22.9 Å². The van der Waals surface area contributed by atoms with Crippen molar-refractivity contribution in [3.8, 4) is 11.3 Å². The number of hydrogen-bond donors (Lipinski definition) is 2. The van der Waals surface area contributed by atoms with Gasteiger partial charge in [0.15, 0.2) is 5.13 Å². The SMILES string of the molecule is Cc1sc(NC(=O)c2cc(S(N)(=O)=O)ccc2Br)nc1-c1ccc(F)cc1. The molecule has 1 aromatic heterocycles. The van der Waals surface area contributed by atoms with Crippen LogP contribution in [-0.2, 0) is 10.0 Å². The van der Waals surface area contributed by atoms with Crippen molar-refractivity contribution < 1.29 is 17.6 Å². The number of rotatable bonds is 4. The standard InChI is InChI=1S/C17H13BrFN3O3S2/c1-9-15(10-2-4-11(19)5-3-10)21-17(26-9)22-16(23)13-8-12(27(20,24)25)6-7-14(13)18/h2-8H,1H3,(H2,20,24,25)(H,21,22,23). The molecular weight excluding hydrogens is 457 g/mol. The van der Waals surface area contributed by atoms with Crippen molar-refractivity contribution >= 4 is 48.3 Å². The monoisotopic (exact) mass is 469 g/mol. The summed E-state index contributed by atoms with van der Waals surface area (Å²) in [7, 11) is -3.94. The van der Waals surface area contributed by atoms with E-state index in [4.69, 9.17) is 5.14 Å². The molecule has 0 saturated heterocycles. The summed E-state index contributed by atoms with van der Waals surface area (Å²) in [5.41, 5.74) is 1.47. The van der Waals surface area contributed by atoms with Crippen molar-refractivity contribution in [2.45, 2.75) is 11.8 Å². The van der Waals surface area contributed by atoms with Crippen LogP contribution in [0.2, 0.25) is 0 Å². The number of aryl methyl sites for hydroxylation is 1. The smallest absolute Gasteiger partial charge is 0.258 e. The van der Waals surface area contributed by atoms with Crippen LogP contribution in [0.3, 0.4) is 0 Å². The average Bonchev–Trinajstić information content (AvgIpc) is 2.95. The molecule has 0 aliphatic heterocycles. The number of nitrogens with one attached hydrogen (secondary N) is 1. The van der Waals surface area contributed by atoms with E-state index in [1.807, 2.05) is 6.92 Å². The number of sulfonamides is 1. The van der Waals surface area contributed by atoms with Gasteiger partial charge in [-0.1, -0.05) is 0 Å². The molecule has 0 radical (unpaired) electrons. The van der Waals surface area contributed by atoms with Crippen molar-refractivity contribution in [2.75, 3.05) is 5.32 Å². The maximum absolute atomic E-state index is 13.1. The maximum Gasteiger partial charge on any atom is 0.258 e. The lowest BCUT2D eigenvalue weighted by Crippen LogP contribution is -2.16. The van der Waals surface area contributed by atoms with Gasteiger partial charge >= 0.3 is 0 Å². The number of hydrogen-bond acceptors (Lipinski definition) is 5. The summed E-state index contributed by atoms with van der Waals surface area (Å²) in [6.45, 7) is 1.84. The Morgan fingerprint density at radius 1 is 1.22 bits per heavy atom. The predicted molar refractivity (Wildman–Crippen MR) is 106 cm³/mol. The second-order valence-electron chi connectivity index (χ2n) is 5.57. The lowest BCUT2D eigenvalue weighted by atomic mass is 10.1. The van der Waals surface area contributed by atoms with Crippen LogP contribution in [0.25, 0.3) is 11.3 Å². The Labute approximate surface area is 167 Å². The lowest BCUT2D eigenvalue weighted by Gasteiger charge is -2.06. The summed E-state index contributed by atoms with van der Waals surface area (Å²) in [6.07, 6.45) is 0. The van der Waals surface area contributed by atoms with Crippen LogP contribution in [0, 0.1) is 12.7 Å². The van der Waals surface area contributed by atoms with Crippen LogP contribution in [0.1, 0.15) is 15.2 Å². The molecule has 0 aliphatic carbocycles. The first-order valence-corrected chi connectivity index (χ1v) is 10.7. The number of nitrogens with two attached hydrogens (primary N) is 1. The Morgan fingerprint density at radius 3 is 2.52 bits per heavy atom. The molecule has 27 heavy (non-hydrogen) atoms. The van der Waals surface area contributed by atoms with Gasteiger partial charge in [0.25, 0.3) is 5.91 Å². The number of amides is 1. The van der Waals surface area contributed by atoms with Gasteiger partial charge in [0.1, 0.15) is 5.82 Å². The molecule has 6 nitrogen and oxygen atoms in total. The molecule has 0 saturated carbocycles. The van der Waals surface area contributed by atoms with Crippen LogP contribution in [0.5, 0.6) is 0 Å². The molecule has 2 aromatic carbocycles. The highest BCUT2D eigenvalue weighted by Gasteiger charge is 2.18. The van der Waals surface area contributed by atoms with Crippen LogP contribution >= 0.6 is 27.3 Å². The number of nitrogens with zero attached hydrogens (tertiary/aromatic N) is 1. The number of thiazole rings is 1. The van der Waals surface area contributed by atoms with E-state index in [9.17, 15) is 17.6 Å². The summed E-state index contributed by atoms with van der Waals surface area (Å²) in [4.78, 5) is 17.6. The van der Waals surface area contributed by atoms with Crippen molar-refractivity contribution in [1.29, 1.82) is 0 Å². The number of halogens is 2. The Balaban J connectivity index is 1.89. The second-order valence-corrected chi connectivity index (χ2v) is 9.19. The number of carbonyl (C=O) groups is 1. The average molecular weight is 470 g/mol. The van der Waals surface area contributed by atoms with Crippen molar-refractivity contribution in [3.63, 3.8) is 0 Å².